The van der Waals surface area contributed by atoms with Crippen LogP contribution in [0.15, 0.2) is 200 Å². The molecule has 3 heteroatoms. The van der Waals surface area contributed by atoms with Crippen LogP contribution >= 0.6 is 0 Å². The van der Waals surface area contributed by atoms with Crippen LogP contribution in [0.1, 0.15) is 17.0 Å². The van der Waals surface area contributed by atoms with Gasteiger partial charge in [0.05, 0.1) is 16.9 Å². The molecule has 2 aromatic heterocycles. The summed E-state index contributed by atoms with van der Waals surface area (Å²) in [7, 11) is 0. The highest BCUT2D eigenvalue weighted by molar-refractivity contribution is 6.25. The highest BCUT2D eigenvalue weighted by Crippen LogP contribution is 2.48. The minimum absolute atomic E-state index is 0.629. The molecule has 2 heterocycles. The Hall–Kier alpha value is -7.75. The summed E-state index contributed by atoms with van der Waals surface area (Å²) in [6, 6.07) is 70.2. The molecular formula is C56H39N3. The molecule has 11 aromatic rings. The summed E-state index contributed by atoms with van der Waals surface area (Å²) in [4.78, 5) is 4.56. The summed E-state index contributed by atoms with van der Waals surface area (Å²) >= 11 is 0. The number of fused-ring (bicyclic) bond motifs is 5. The van der Waals surface area contributed by atoms with E-state index in [2.05, 4.69) is 198 Å². The number of nitrogens with two attached hydrogens (primary N) is 1. The van der Waals surface area contributed by atoms with Crippen LogP contribution in [0, 0.1) is 6.92 Å². The molecule has 0 aliphatic carbocycles. The van der Waals surface area contributed by atoms with Crippen LogP contribution in [-0.2, 0) is 0 Å². The zero-order valence-corrected chi connectivity index (χ0v) is 32.6. The van der Waals surface area contributed by atoms with E-state index < -0.39 is 0 Å². The van der Waals surface area contributed by atoms with Gasteiger partial charge in [-0.25, -0.2) is 0 Å². The average Bonchev–Trinajstić information content (AvgIpc) is 3.57. The fourth-order valence-electron chi connectivity index (χ4n) is 9.30. The summed E-state index contributed by atoms with van der Waals surface area (Å²) in [5, 5.41) is 11.0. The van der Waals surface area contributed by atoms with Crippen LogP contribution in [0.5, 0.6) is 0 Å². The second-order valence-electron chi connectivity index (χ2n) is 15.3. The zero-order valence-electron chi connectivity index (χ0n) is 32.6. The van der Waals surface area contributed by atoms with Gasteiger partial charge >= 0.3 is 0 Å². The second kappa shape index (κ2) is 14.0. The van der Waals surface area contributed by atoms with E-state index in [0.717, 1.165) is 44.7 Å². The second-order valence-corrected chi connectivity index (χ2v) is 15.3. The highest BCUT2D eigenvalue weighted by atomic mass is 15.0. The van der Waals surface area contributed by atoms with Gasteiger partial charge in [0.15, 0.2) is 0 Å². The van der Waals surface area contributed by atoms with E-state index in [1.54, 1.807) is 6.20 Å². The van der Waals surface area contributed by atoms with E-state index >= 15 is 0 Å². The number of benzene rings is 9. The van der Waals surface area contributed by atoms with E-state index in [0.29, 0.717) is 5.70 Å². The molecular weight excluding hydrogens is 715 g/mol. The Morgan fingerprint density at radius 1 is 0.475 bits per heavy atom. The molecule has 0 fully saturated rings. The summed E-state index contributed by atoms with van der Waals surface area (Å²) in [6.07, 6.45) is 3.88. The molecule has 59 heavy (non-hydrogen) atoms. The summed E-state index contributed by atoms with van der Waals surface area (Å²) < 4.78 is 2.33. The van der Waals surface area contributed by atoms with Crippen molar-refractivity contribution in [2.24, 2.45) is 5.73 Å². The van der Waals surface area contributed by atoms with Gasteiger partial charge in [-0.15, -0.1) is 0 Å². The van der Waals surface area contributed by atoms with Crippen LogP contribution < -0.4 is 5.73 Å². The van der Waals surface area contributed by atoms with Crippen molar-refractivity contribution in [2.75, 3.05) is 0 Å². The first-order valence-corrected chi connectivity index (χ1v) is 20.2. The Bertz CT molecular complexity index is 3440. The third-order valence-electron chi connectivity index (χ3n) is 12.0. The molecule has 0 aliphatic rings. The lowest BCUT2D eigenvalue weighted by atomic mass is 9.83. The Labute approximate surface area is 343 Å². The maximum absolute atomic E-state index is 6.79. The van der Waals surface area contributed by atoms with Crippen molar-refractivity contribution in [3.05, 3.63) is 217 Å². The Morgan fingerprint density at radius 3 is 1.64 bits per heavy atom. The molecule has 2 N–H and O–H groups in total. The van der Waals surface area contributed by atoms with E-state index in [-0.39, 0.29) is 0 Å². The Morgan fingerprint density at radius 2 is 1.00 bits per heavy atom. The van der Waals surface area contributed by atoms with Gasteiger partial charge in [0.1, 0.15) is 0 Å². The predicted octanol–water partition coefficient (Wildman–Crippen LogP) is 14.4. The van der Waals surface area contributed by atoms with Crippen LogP contribution in [0.2, 0.25) is 0 Å². The molecule has 0 unspecified atom stereocenters. The normalized spacial score (nSPS) is 12.0. The molecule has 9 aromatic carbocycles. The number of pyridine rings is 1. The van der Waals surface area contributed by atoms with Crippen molar-refractivity contribution in [1.29, 1.82) is 0 Å². The van der Waals surface area contributed by atoms with Crippen LogP contribution in [-0.4, -0.2) is 9.55 Å². The molecule has 3 nitrogen and oxygen atoms in total. The van der Waals surface area contributed by atoms with Crippen LogP contribution in [0.3, 0.4) is 0 Å². The lowest BCUT2D eigenvalue weighted by Gasteiger charge is -2.20. The van der Waals surface area contributed by atoms with Gasteiger partial charge < -0.3 is 10.3 Å². The molecule has 0 saturated heterocycles. The molecule has 0 bridgehead atoms. The first kappa shape index (κ1) is 34.5. The quantitative estimate of drug-likeness (QED) is 0.172. The van der Waals surface area contributed by atoms with Crippen LogP contribution in [0.4, 0.5) is 0 Å². The molecule has 278 valence electrons. The molecule has 0 saturated carbocycles. The minimum atomic E-state index is 0.629. The first-order valence-electron chi connectivity index (χ1n) is 20.2. The van der Waals surface area contributed by atoms with Gasteiger partial charge in [0, 0.05) is 28.5 Å². The number of hydrogen-bond donors (Lipinski definition) is 1. The summed E-state index contributed by atoms with van der Waals surface area (Å²) in [5.74, 6) is 0. The number of aromatic nitrogens is 2. The third-order valence-corrected chi connectivity index (χ3v) is 12.0. The SMILES string of the molecule is Cc1c(/C=C(\N)c2ccccn2)c2cc(-c3ccc4c(-c5cccc6ccccc56)c5ccccc5c(-c5cccc6ccccc56)c4c3)ccc2n1-c1ccccc1. The lowest BCUT2D eigenvalue weighted by Crippen LogP contribution is -1.99. The maximum Gasteiger partial charge on any atom is 0.0859 e. The van der Waals surface area contributed by atoms with E-state index in [9.17, 15) is 0 Å². The highest BCUT2D eigenvalue weighted by Gasteiger charge is 2.21. The van der Waals surface area contributed by atoms with E-state index in [1.165, 1.54) is 65.3 Å². The van der Waals surface area contributed by atoms with Crippen molar-refractivity contribution >= 4 is 65.8 Å². The standard InChI is InChI=1S/C56H39N3/c1-36-49(35-52(57)53-27-11-12-32-58-53)50-33-40(29-31-54(50)59(36)41-19-3-2-4-20-41)39-28-30-48-51(34-39)56(45-26-14-18-38-16-6-8-22-43(38)45)47-24-10-9-23-46(47)55(48)44-25-13-17-37-15-5-7-21-42(37)44/h2-35H,57H2,1H3/b52-35-. The molecule has 0 radical (unpaired) electrons. The molecule has 0 amide bonds. The zero-order chi connectivity index (χ0) is 39.5. The number of para-hydroxylation sites is 1. The monoisotopic (exact) mass is 753 g/mol. The van der Waals surface area contributed by atoms with Gasteiger partial charge in [-0.05, 0) is 132 Å². The molecule has 11 rings (SSSR count). The number of nitrogens with zero attached hydrogens (tertiary/aromatic N) is 2. The topological polar surface area (TPSA) is 43.8 Å². The van der Waals surface area contributed by atoms with E-state index in [4.69, 9.17) is 5.73 Å². The number of hydrogen-bond acceptors (Lipinski definition) is 2. The Kier molecular flexibility index (Phi) is 8.20. The van der Waals surface area contributed by atoms with Crippen molar-refractivity contribution in [2.45, 2.75) is 6.92 Å². The first-order chi connectivity index (χ1) is 29.1. The molecule has 0 atom stereocenters. The average molecular weight is 754 g/mol. The van der Waals surface area contributed by atoms with Crippen molar-refractivity contribution < 1.29 is 0 Å². The largest absolute Gasteiger partial charge is 0.397 e. The number of rotatable bonds is 6. The lowest BCUT2D eigenvalue weighted by molar-refractivity contribution is 1.05. The van der Waals surface area contributed by atoms with Gasteiger partial charge in [0.25, 0.3) is 0 Å². The van der Waals surface area contributed by atoms with Gasteiger partial charge in [0.2, 0.25) is 0 Å². The van der Waals surface area contributed by atoms with Gasteiger partial charge in [-0.1, -0.05) is 152 Å². The van der Waals surface area contributed by atoms with E-state index in [1.807, 2.05) is 18.2 Å². The molecule has 0 aliphatic heterocycles. The van der Waals surface area contributed by atoms with Crippen molar-refractivity contribution in [1.82, 2.24) is 9.55 Å². The van der Waals surface area contributed by atoms with Crippen LogP contribution in [0.25, 0.3) is 105 Å². The fourth-order valence-corrected chi connectivity index (χ4v) is 9.30. The summed E-state index contributed by atoms with van der Waals surface area (Å²) in [5.41, 5.74) is 19.9. The fraction of sp³-hybridized carbons (Fsp3) is 0.0179. The third kappa shape index (κ3) is 5.70. The maximum atomic E-state index is 6.79. The summed E-state index contributed by atoms with van der Waals surface area (Å²) in [6.45, 7) is 2.18. The van der Waals surface area contributed by atoms with Gasteiger partial charge in [-0.2, -0.15) is 0 Å². The molecule has 0 spiro atoms. The smallest absolute Gasteiger partial charge is 0.0859 e. The Balaban J connectivity index is 1.21. The van der Waals surface area contributed by atoms with Crippen molar-refractivity contribution in [3.63, 3.8) is 0 Å². The minimum Gasteiger partial charge on any atom is -0.397 e. The van der Waals surface area contributed by atoms with Crippen molar-refractivity contribution in [3.8, 4) is 39.1 Å². The van der Waals surface area contributed by atoms with Gasteiger partial charge in [-0.3, -0.25) is 4.98 Å². The predicted molar refractivity (Wildman–Crippen MR) is 251 cm³/mol.